The summed E-state index contributed by atoms with van der Waals surface area (Å²) in [6.45, 7) is 6.40. The van der Waals surface area contributed by atoms with E-state index in [0.29, 0.717) is 12.1 Å². The van der Waals surface area contributed by atoms with Crippen LogP contribution >= 0.6 is 0 Å². The largest absolute Gasteiger partial charge is 0.468 e. The number of benzene rings is 1. The Hall–Kier alpha value is -2.60. The quantitative estimate of drug-likeness (QED) is 0.771. The number of nitrogens with one attached hydrogen (secondary N) is 2. The molecule has 1 aliphatic rings. The van der Waals surface area contributed by atoms with Crippen molar-refractivity contribution in [3.63, 3.8) is 0 Å². The first-order valence-corrected chi connectivity index (χ1v) is 9.94. The number of rotatable bonds is 7. The molecule has 2 amide bonds. The Labute approximate surface area is 166 Å². The third-order valence-electron chi connectivity index (χ3n) is 5.37. The van der Waals surface area contributed by atoms with Gasteiger partial charge in [-0.1, -0.05) is 12.5 Å². The third kappa shape index (κ3) is 5.23. The number of aryl methyl sites for hydroxylation is 2. The number of hydrogen-bond donors (Lipinski definition) is 2. The Bertz CT molecular complexity index is 795. The van der Waals surface area contributed by atoms with Gasteiger partial charge < -0.3 is 15.1 Å². The van der Waals surface area contributed by atoms with Gasteiger partial charge in [-0.05, 0) is 75.2 Å². The zero-order valence-electron chi connectivity index (χ0n) is 16.7. The van der Waals surface area contributed by atoms with Gasteiger partial charge in [0.25, 0.3) is 5.91 Å². The van der Waals surface area contributed by atoms with Crippen LogP contribution in [0.3, 0.4) is 0 Å². The van der Waals surface area contributed by atoms with Crippen molar-refractivity contribution in [3.05, 3.63) is 59.0 Å². The number of hydrogen-bond acceptors (Lipinski definition) is 4. The van der Waals surface area contributed by atoms with E-state index in [4.69, 9.17) is 4.42 Å². The second kappa shape index (κ2) is 9.55. The van der Waals surface area contributed by atoms with Crippen LogP contribution in [0.25, 0.3) is 0 Å². The van der Waals surface area contributed by atoms with Gasteiger partial charge in [0.15, 0.2) is 0 Å². The lowest BCUT2D eigenvalue weighted by atomic mass is 10.1. The highest BCUT2D eigenvalue weighted by molar-refractivity contribution is 5.96. The highest BCUT2D eigenvalue weighted by Crippen LogP contribution is 2.24. The molecule has 1 aromatic heterocycles. The van der Waals surface area contributed by atoms with Gasteiger partial charge >= 0.3 is 0 Å². The van der Waals surface area contributed by atoms with E-state index in [-0.39, 0.29) is 24.4 Å². The molecular weight excluding hydrogens is 354 g/mol. The van der Waals surface area contributed by atoms with E-state index in [2.05, 4.69) is 15.5 Å². The zero-order chi connectivity index (χ0) is 19.9. The summed E-state index contributed by atoms with van der Waals surface area (Å²) in [7, 11) is 0. The molecule has 1 aromatic carbocycles. The summed E-state index contributed by atoms with van der Waals surface area (Å²) in [5, 5.41) is 5.64. The molecular formula is C22H29N3O3. The standard InChI is InChI=1S/C22H29N3O3/c1-16-8-9-18(13-17(16)2)22(27)24-15-21(26)23-14-19(20-7-6-12-28-20)25-10-4-3-5-11-25/h6-9,12-13,19H,3-5,10-11,14-15H2,1-2H3,(H,23,26)(H,24,27)/t19-/m0/s1. The summed E-state index contributed by atoms with van der Waals surface area (Å²) in [4.78, 5) is 26.9. The van der Waals surface area contributed by atoms with Gasteiger partial charge in [-0.3, -0.25) is 14.5 Å². The predicted octanol–water partition coefficient (Wildman–Crippen LogP) is 2.97. The zero-order valence-corrected chi connectivity index (χ0v) is 16.7. The highest BCUT2D eigenvalue weighted by atomic mass is 16.3. The molecule has 6 heteroatoms. The topological polar surface area (TPSA) is 74.6 Å². The molecule has 0 saturated carbocycles. The van der Waals surface area contributed by atoms with Crippen molar-refractivity contribution in [1.82, 2.24) is 15.5 Å². The number of likely N-dealkylation sites (tertiary alicyclic amines) is 1. The normalized spacial score (nSPS) is 15.8. The van der Waals surface area contributed by atoms with Gasteiger partial charge in [-0.25, -0.2) is 0 Å². The van der Waals surface area contributed by atoms with Gasteiger partial charge in [-0.2, -0.15) is 0 Å². The van der Waals surface area contributed by atoms with E-state index in [1.54, 1.807) is 12.3 Å². The number of nitrogens with zero attached hydrogens (tertiary/aromatic N) is 1. The number of carbonyl (C=O) groups excluding carboxylic acids is 2. The van der Waals surface area contributed by atoms with Crippen LogP contribution < -0.4 is 10.6 Å². The molecule has 0 bridgehead atoms. The summed E-state index contributed by atoms with van der Waals surface area (Å²) in [6, 6.07) is 9.38. The Kier molecular flexibility index (Phi) is 6.87. The second-order valence-electron chi connectivity index (χ2n) is 7.41. The fourth-order valence-corrected chi connectivity index (χ4v) is 3.54. The Morgan fingerprint density at radius 1 is 1.07 bits per heavy atom. The van der Waals surface area contributed by atoms with E-state index in [9.17, 15) is 9.59 Å². The number of amides is 2. The van der Waals surface area contributed by atoms with Crippen LogP contribution in [-0.2, 0) is 4.79 Å². The van der Waals surface area contributed by atoms with Crippen molar-refractivity contribution >= 4 is 11.8 Å². The van der Waals surface area contributed by atoms with Crippen molar-refractivity contribution in [2.45, 2.75) is 39.2 Å². The lowest BCUT2D eigenvalue weighted by molar-refractivity contribution is -0.120. The van der Waals surface area contributed by atoms with Crippen LogP contribution in [0.2, 0.25) is 0 Å². The van der Waals surface area contributed by atoms with Gasteiger partial charge in [-0.15, -0.1) is 0 Å². The number of carbonyl (C=O) groups is 2. The third-order valence-corrected chi connectivity index (χ3v) is 5.37. The SMILES string of the molecule is Cc1ccc(C(=O)NCC(=O)NC[C@@H](c2ccco2)N2CCCCC2)cc1C. The minimum atomic E-state index is -0.239. The number of furan rings is 1. The van der Waals surface area contributed by atoms with Crippen molar-refractivity contribution in [1.29, 1.82) is 0 Å². The molecule has 150 valence electrons. The van der Waals surface area contributed by atoms with Crippen LogP contribution in [0, 0.1) is 13.8 Å². The molecule has 3 rings (SSSR count). The van der Waals surface area contributed by atoms with E-state index in [1.165, 1.54) is 6.42 Å². The smallest absolute Gasteiger partial charge is 0.251 e. The molecule has 0 aliphatic carbocycles. The van der Waals surface area contributed by atoms with E-state index in [1.807, 2.05) is 38.1 Å². The van der Waals surface area contributed by atoms with E-state index >= 15 is 0 Å². The molecule has 0 unspecified atom stereocenters. The monoisotopic (exact) mass is 383 g/mol. The molecule has 28 heavy (non-hydrogen) atoms. The molecule has 2 aromatic rings. The Morgan fingerprint density at radius 2 is 1.86 bits per heavy atom. The minimum Gasteiger partial charge on any atom is -0.468 e. The van der Waals surface area contributed by atoms with Crippen molar-refractivity contribution in [3.8, 4) is 0 Å². The minimum absolute atomic E-state index is 0.0229. The molecule has 1 fully saturated rings. The first-order chi connectivity index (χ1) is 13.5. The summed E-state index contributed by atoms with van der Waals surface area (Å²) < 4.78 is 5.60. The van der Waals surface area contributed by atoms with Crippen molar-refractivity contribution in [2.75, 3.05) is 26.2 Å². The maximum absolute atomic E-state index is 12.3. The Balaban J connectivity index is 1.51. The van der Waals surface area contributed by atoms with Gasteiger partial charge in [0.2, 0.25) is 5.91 Å². The molecule has 0 spiro atoms. The van der Waals surface area contributed by atoms with Crippen LogP contribution in [0.5, 0.6) is 0 Å². The molecule has 1 saturated heterocycles. The van der Waals surface area contributed by atoms with Crippen molar-refractivity contribution < 1.29 is 14.0 Å². The van der Waals surface area contributed by atoms with Crippen molar-refractivity contribution in [2.24, 2.45) is 0 Å². The summed E-state index contributed by atoms with van der Waals surface area (Å²) in [6.07, 6.45) is 5.24. The average molecular weight is 383 g/mol. The van der Waals surface area contributed by atoms with Gasteiger partial charge in [0.05, 0.1) is 18.8 Å². The maximum Gasteiger partial charge on any atom is 0.251 e. The Morgan fingerprint density at radius 3 is 2.54 bits per heavy atom. The number of piperidine rings is 1. The van der Waals surface area contributed by atoms with Gasteiger partial charge in [0, 0.05) is 12.1 Å². The molecule has 0 radical (unpaired) electrons. The molecule has 6 nitrogen and oxygen atoms in total. The van der Waals surface area contributed by atoms with Gasteiger partial charge in [0.1, 0.15) is 5.76 Å². The fourth-order valence-electron chi connectivity index (χ4n) is 3.54. The van der Waals surface area contributed by atoms with E-state index < -0.39 is 0 Å². The van der Waals surface area contributed by atoms with Crippen LogP contribution in [-0.4, -0.2) is 42.9 Å². The van der Waals surface area contributed by atoms with E-state index in [0.717, 1.165) is 42.8 Å². The first kappa shape index (κ1) is 20.1. The predicted molar refractivity (Wildman–Crippen MR) is 108 cm³/mol. The fraction of sp³-hybridized carbons (Fsp3) is 0.455. The molecule has 1 atom stereocenters. The summed E-state index contributed by atoms with van der Waals surface area (Å²) >= 11 is 0. The highest BCUT2D eigenvalue weighted by Gasteiger charge is 2.24. The summed E-state index contributed by atoms with van der Waals surface area (Å²) in [5.74, 6) is 0.420. The molecule has 2 heterocycles. The second-order valence-corrected chi connectivity index (χ2v) is 7.41. The average Bonchev–Trinajstić information content (AvgIpc) is 3.23. The molecule has 1 aliphatic heterocycles. The van der Waals surface area contributed by atoms with Crippen LogP contribution in [0.15, 0.2) is 41.0 Å². The van der Waals surface area contributed by atoms with Crippen LogP contribution in [0.4, 0.5) is 0 Å². The maximum atomic E-state index is 12.3. The first-order valence-electron chi connectivity index (χ1n) is 9.94. The molecule has 2 N–H and O–H groups in total. The van der Waals surface area contributed by atoms with Crippen LogP contribution in [0.1, 0.15) is 52.5 Å². The lowest BCUT2D eigenvalue weighted by Gasteiger charge is -2.33. The summed E-state index contributed by atoms with van der Waals surface area (Å²) in [5.41, 5.74) is 2.76. The lowest BCUT2D eigenvalue weighted by Crippen LogP contribution is -2.43.